The largest absolute Gasteiger partial charge is 0.367 e. The van der Waals surface area contributed by atoms with Gasteiger partial charge in [0.05, 0.1) is 23.3 Å². The highest BCUT2D eigenvalue weighted by atomic mass is 32.2. The van der Waals surface area contributed by atoms with Gasteiger partial charge in [-0.2, -0.15) is 4.31 Å². The van der Waals surface area contributed by atoms with Gasteiger partial charge in [-0.25, -0.2) is 18.4 Å². The van der Waals surface area contributed by atoms with Crippen molar-refractivity contribution >= 4 is 37.6 Å². The Morgan fingerprint density at radius 1 is 0.842 bits per heavy atom. The molecule has 0 atom stereocenters. The first-order chi connectivity index (χ1) is 18.6. The van der Waals surface area contributed by atoms with Crippen molar-refractivity contribution < 1.29 is 8.42 Å². The number of benzene rings is 2. The number of nitrogens with zero attached hydrogens (tertiary/aromatic N) is 5. The lowest BCUT2D eigenvalue weighted by molar-refractivity contribution is 0.395. The van der Waals surface area contributed by atoms with Gasteiger partial charge in [-0.15, -0.1) is 0 Å². The number of aromatic nitrogens is 4. The maximum absolute atomic E-state index is 13.9. The zero-order valence-corrected chi connectivity index (χ0v) is 21.5. The van der Waals surface area contributed by atoms with Gasteiger partial charge in [0, 0.05) is 35.2 Å². The first-order valence-corrected chi connectivity index (χ1v) is 14.3. The van der Waals surface area contributed by atoms with Crippen molar-refractivity contribution in [1.29, 1.82) is 0 Å². The highest BCUT2D eigenvalue weighted by Crippen LogP contribution is 2.36. The molecule has 2 fully saturated rings. The summed E-state index contributed by atoms with van der Waals surface area (Å²) >= 11 is 0. The van der Waals surface area contributed by atoms with Crippen molar-refractivity contribution in [3.63, 3.8) is 0 Å². The zero-order chi connectivity index (χ0) is 25.7. The van der Waals surface area contributed by atoms with Crippen LogP contribution in [0.3, 0.4) is 0 Å². The Hall–Kier alpha value is -3.95. The molecule has 3 heterocycles. The number of rotatable bonds is 8. The van der Waals surface area contributed by atoms with E-state index >= 15 is 0 Å². The molecule has 38 heavy (non-hydrogen) atoms. The molecule has 2 aliphatic rings. The van der Waals surface area contributed by atoms with E-state index in [9.17, 15) is 8.42 Å². The number of anilines is 1. The molecular formula is C29H26N6O2S. The van der Waals surface area contributed by atoms with Crippen LogP contribution in [-0.4, -0.2) is 44.7 Å². The number of hydrogen-bond donors (Lipinski definition) is 1. The second-order valence-electron chi connectivity index (χ2n) is 10.0. The summed E-state index contributed by atoms with van der Waals surface area (Å²) in [6, 6.07) is 19.5. The lowest BCUT2D eigenvalue weighted by atomic mass is 10.0. The van der Waals surface area contributed by atoms with Gasteiger partial charge in [-0.05, 0) is 73.2 Å². The van der Waals surface area contributed by atoms with Crippen molar-refractivity contribution in [3.8, 4) is 11.1 Å². The number of pyridine rings is 2. The molecule has 2 aliphatic carbocycles. The summed E-state index contributed by atoms with van der Waals surface area (Å²) < 4.78 is 29.4. The number of nitrogens with one attached hydrogen (secondary N) is 1. The number of hydrogen-bond acceptors (Lipinski definition) is 7. The van der Waals surface area contributed by atoms with Crippen LogP contribution in [0.25, 0.3) is 32.9 Å². The highest BCUT2D eigenvalue weighted by Gasteiger charge is 2.39. The van der Waals surface area contributed by atoms with Gasteiger partial charge in [0.25, 0.3) is 0 Å². The first-order valence-electron chi connectivity index (χ1n) is 12.9. The standard InChI is InChI=1S/C29H26N6O2S/c36-38(37,27-5-1-3-19-4-2-13-31-28(19)27)35(24-9-10-24)17-23-15-21(12-14-30-23)20-6-11-26-25(16-20)29(33-18-32-26)34-22-7-8-22/h1-6,11-16,18,22,24H,7-10,17H2,(H,32,33,34). The maximum atomic E-state index is 13.9. The van der Waals surface area contributed by atoms with E-state index in [4.69, 9.17) is 0 Å². The fourth-order valence-electron chi connectivity index (χ4n) is 4.86. The summed E-state index contributed by atoms with van der Waals surface area (Å²) in [5.74, 6) is 0.850. The molecule has 1 N–H and O–H groups in total. The third kappa shape index (κ3) is 4.37. The zero-order valence-electron chi connectivity index (χ0n) is 20.7. The minimum Gasteiger partial charge on any atom is -0.367 e. The van der Waals surface area contributed by atoms with Crippen molar-refractivity contribution in [1.82, 2.24) is 24.2 Å². The monoisotopic (exact) mass is 522 g/mol. The Morgan fingerprint density at radius 3 is 2.53 bits per heavy atom. The summed E-state index contributed by atoms with van der Waals surface area (Å²) in [5.41, 5.74) is 4.06. The lowest BCUT2D eigenvalue weighted by Crippen LogP contribution is -2.33. The van der Waals surface area contributed by atoms with Gasteiger partial charge in [-0.3, -0.25) is 9.97 Å². The molecule has 0 radical (unpaired) electrons. The Kier molecular flexibility index (Phi) is 5.56. The highest BCUT2D eigenvalue weighted by molar-refractivity contribution is 7.89. The Balaban J connectivity index is 1.23. The number of para-hydroxylation sites is 1. The predicted octanol–water partition coefficient (Wildman–Crippen LogP) is 5.17. The quantitative estimate of drug-likeness (QED) is 0.300. The molecule has 8 nitrogen and oxygen atoms in total. The third-order valence-corrected chi connectivity index (χ3v) is 9.09. The van der Waals surface area contributed by atoms with Crippen molar-refractivity contribution in [2.75, 3.05) is 5.32 Å². The third-order valence-electron chi connectivity index (χ3n) is 7.16. The van der Waals surface area contributed by atoms with E-state index in [-0.39, 0.29) is 17.5 Å². The van der Waals surface area contributed by atoms with E-state index in [1.54, 1.807) is 35.2 Å². The van der Waals surface area contributed by atoms with Crippen LogP contribution < -0.4 is 5.32 Å². The molecule has 190 valence electrons. The van der Waals surface area contributed by atoms with E-state index in [0.29, 0.717) is 17.3 Å². The Labute approximate surface area is 220 Å². The SMILES string of the molecule is O=S(=O)(c1cccc2cccnc12)N(Cc1cc(-c2ccc3ncnc(NC4CC4)c3c2)ccn1)C1CC1. The van der Waals surface area contributed by atoms with Crippen LogP contribution in [0, 0.1) is 0 Å². The summed E-state index contributed by atoms with van der Waals surface area (Å²) in [6.07, 6.45) is 8.99. The topological polar surface area (TPSA) is 101 Å². The molecule has 0 aliphatic heterocycles. The van der Waals surface area contributed by atoms with Gasteiger partial charge < -0.3 is 5.32 Å². The summed E-state index contributed by atoms with van der Waals surface area (Å²) in [5, 5.41) is 5.28. The molecule has 0 amide bonds. The fraction of sp³-hybridized carbons (Fsp3) is 0.241. The van der Waals surface area contributed by atoms with E-state index in [0.717, 1.165) is 58.9 Å². The molecule has 9 heteroatoms. The second-order valence-corrected chi connectivity index (χ2v) is 11.9. The Bertz CT molecular complexity index is 1780. The molecule has 3 aromatic heterocycles. The first kappa shape index (κ1) is 23.2. The molecule has 0 unspecified atom stereocenters. The van der Waals surface area contributed by atoms with Gasteiger partial charge in [0.1, 0.15) is 17.0 Å². The molecule has 7 rings (SSSR count). The summed E-state index contributed by atoms with van der Waals surface area (Å²) in [4.78, 5) is 18.1. The number of fused-ring (bicyclic) bond motifs is 2. The van der Waals surface area contributed by atoms with Crippen LogP contribution >= 0.6 is 0 Å². The number of sulfonamides is 1. The van der Waals surface area contributed by atoms with Crippen LogP contribution in [0.15, 0.2) is 84.3 Å². The Morgan fingerprint density at radius 2 is 1.68 bits per heavy atom. The van der Waals surface area contributed by atoms with Crippen LogP contribution in [0.2, 0.25) is 0 Å². The van der Waals surface area contributed by atoms with Gasteiger partial charge in [-0.1, -0.05) is 24.3 Å². The van der Waals surface area contributed by atoms with Crippen molar-refractivity contribution in [2.24, 2.45) is 0 Å². The predicted molar refractivity (Wildman–Crippen MR) is 147 cm³/mol. The van der Waals surface area contributed by atoms with Crippen LogP contribution in [0.4, 0.5) is 5.82 Å². The van der Waals surface area contributed by atoms with E-state index in [1.807, 2.05) is 42.5 Å². The molecule has 0 saturated heterocycles. The molecule has 2 aromatic carbocycles. The molecule has 5 aromatic rings. The summed E-state index contributed by atoms with van der Waals surface area (Å²) in [6.45, 7) is 0.204. The van der Waals surface area contributed by atoms with Gasteiger partial charge in [0.2, 0.25) is 10.0 Å². The maximum Gasteiger partial charge on any atom is 0.245 e. The minimum absolute atomic E-state index is 0.0294. The van der Waals surface area contributed by atoms with Crippen molar-refractivity contribution in [2.45, 2.75) is 49.2 Å². The van der Waals surface area contributed by atoms with Gasteiger partial charge >= 0.3 is 0 Å². The smallest absolute Gasteiger partial charge is 0.245 e. The molecule has 0 bridgehead atoms. The van der Waals surface area contributed by atoms with Crippen LogP contribution in [0.5, 0.6) is 0 Å². The fourth-order valence-corrected chi connectivity index (χ4v) is 6.68. The van der Waals surface area contributed by atoms with E-state index in [1.165, 1.54) is 0 Å². The normalized spacial score (nSPS) is 15.8. The minimum atomic E-state index is -3.77. The molecule has 0 spiro atoms. The lowest BCUT2D eigenvalue weighted by Gasteiger charge is -2.22. The summed E-state index contributed by atoms with van der Waals surface area (Å²) in [7, 11) is -3.77. The average Bonchev–Trinajstić information content (AvgIpc) is 3.88. The van der Waals surface area contributed by atoms with Crippen molar-refractivity contribution in [3.05, 3.63) is 85.1 Å². The molecular weight excluding hydrogens is 496 g/mol. The van der Waals surface area contributed by atoms with E-state index in [2.05, 4.69) is 31.3 Å². The van der Waals surface area contributed by atoms with Crippen LogP contribution in [-0.2, 0) is 16.6 Å². The van der Waals surface area contributed by atoms with E-state index < -0.39 is 10.0 Å². The van der Waals surface area contributed by atoms with Gasteiger partial charge in [0.15, 0.2) is 0 Å². The van der Waals surface area contributed by atoms with Crippen LogP contribution in [0.1, 0.15) is 31.4 Å². The molecule has 2 saturated carbocycles. The average molecular weight is 523 g/mol. The second kappa shape index (κ2) is 9.11.